The molecule has 4 aromatic carbocycles. The number of hydrogen-bond acceptors (Lipinski definition) is 8. The van der Waals surface area contributed by atoms with Crippen LogP contribution in [-0.4, -0.2) is 91.8 Å². The molecule has 0 aliphatic carbocycles. The van der Waals surface area contributed by atoms with Crippen LogP contribution in [0.4, 0.5) is 0 Å². The predicted molar refractivity (Wildman–Crippen MR) is 235 cm³/mol. The first kappa shape index (κ1) is 48.5. The Morgan fingerprint density at radius 3 is 0.702 bits per heavy atom. The van der Waals surface area contributed by atoms with Gasteiger partial charge in [-0.15, -0.1) is 0 Å². The Kier molecular flexibility index (Phi) is 20.6. The first-order chi connectivity index (χ1) is 26.6. The Morgan fingerprint density at radius 2 is 0.544 bits per heavy atom. The molecular weight excluding hydrogens is 808 g/mol. The van der Waals surface area contributed by atoms with Gasteiger partial charge in [0.2, 0.25) is 0 Å². The molecule has 12 nitrogen and oxygen atoms in total. The van der Waals surface area contributed by atoms with E-state index in [1.165, 1.54) is 33.9 Å². The summed E-state index contributed by atoms with van der Waals surface area (Å²) in [5.41, 5.74) is 13.7. The summed E-state index contributed by atoms with van der Waals surface area (Å²) in [7, 11) is 6.53. The third kappa shape index (κ3) is 15.0. The van der Waals surface area contributed by atoms with E-state index in [-0.39, 0.29) is 29.6 Å². The summed E-state index contributed by atoms with van der Waals surface area (Å²) in [5, 5.41) is 5.70. The summed E-state index contributed by atoms with van der Waals surface area (Å²) in [6, 6.07) is 37.2. The summed E-state index contributed by atoms with van der Waals surface area (Å²) >= 11 is 21.4. The van der Waals surface area contributed by atoms with Gasteiger partial charge in [-0.05, 0) is 13.8 Å². The monoisotopic (exact) mass is 851 g/mol. The molecule has 4 amide bonds. The smallest absolute Gasteiger partial charge is 0.277 e. The average molecular weight is 852 g/mol. The summed E-state index contributed by atoms with van der Waals surface area (Å²) < 4.78 is 0. The summed E-state index contributed by atoms with van der Waals surface area (Å²) in [6.45, 7) is 3.03. The third-order valence-corrected chi connectivity index (χ3v) is 10.0. The van der Waals surface area contributed by atoms with Crippen molar-refractivity contribution in [1.29, 1.82) is 0 Å². The number of nitrogens with zero attached hydrogens (tertiary/aromatic N) is 4. The maximum Gasteiger partial charge on any atom is 1.00 e. The Hall–Kier alpha value is -4.68. The molecule has 292 valence electrons. The van der Waals surface area contributed by atoms with Gasteiger partial charge in [0.1, 0.15) is 31.8 Å². The van der Waals surface area contributed by atoms with Crippen molar-refractivity contribution in [2.75, 3.05) is 28.2 Å². The minimum Gasteiger partial charge on any atom is -0.277 e. The Bertz CT molecular complexity index is 1730. The molecular formula is C40H44N8NaO4S4+. The van der Waals surface area contributed by atoms with Crippen molar-refractivity contribution < 1.29 is 48.7 Å². The number of amides is 4. The summed E-state index contributed by atoms with van der Waals surface area (Å²) in [6.07, 6.45) is 0. The Morgan fingerprint density at radius 1 is 0.386 bits per heavy atom. The molecule has 0 saturated heterocycles. The van der Waals surface area contributed by atoms with Crippen molar-refractivity contribution in [3.05, 3.63) is 144 Å². The van der Waals surface area contributed by atoms with E-state index >= 15 is 0 Å². The number of carbonyl (C=O) groups excluding carboxylic acids is 4. The van der Waals surface area contributed by atoms with Crippen LogP contribution in [0, 0.1) is 11.8 Å². The second-order valence-corrected chi connectivity index (χ2v) is 13.8. The van der Waals surface area contributed by atoms with E-state index in [2.05, 4.69) is 21.7 Å². The molecule has 4 rings (SSSR count). The number of rotatable bonds is 8. The van der Waals surface area contributed by atoms with E-state index in [9.17, 15) is 19.2 Å². The fourth-order valence-electron chi connectivity index (χ4n) is 4.59. The van der Waals surface area contributed by atoms with Crippen LogP contribution in [-0.2, 0) is 19.2 Å². The van der Waals surface area contributed by atoms with Gasteiger partial charge in [-0.25, -0.2) is 0 Å². The molecule has 4 aromatic rings. The fourth-order valence-corrected chi connectivity index (χ4v) is 5.31. The van der Waals surface area contributed by atoms with E-state index in [0.717, 1.165) is 22.3 Å². The largest absolute Gasteiger partial charge is 1.00 e. The third-order valence-electron chi connectivity index (χ3n) is 7.99. The van der Waals surface area contributed by atoms with E-state index in [1.54, 1.807) is 28.2 Å². The fraction of sp³-hybridized carbons (Fsp3) is 0.200. The number of nitrogens with one attached hydrogen (secondary N) is 4. The van der Waals surface area contributed by atoms with Crippen LogP contribution in [0.15, 0.2) is 121 Å². The topological polar surface area (TPSA) is 129 Å². The molecule has 0 radical (unpaired) electrons. The normalized spacial score (nSPS) is 9.96. The van der Waals surface area contributed by atoms with Gasteiger partial charge >= 0.3 is 29.6 Å². The zero-order valence-electron chi connectivity index (χ0n) is 32.8. The van der Waals surface area contributed by atoms with Gasteiger partial charge in [-0.3, -0.25) is 60.9 Å². The Labute approximate surface area is 377 Å². The van der Waals surface area contributed by atoms with Gasteiger partial charge in [0.05, 0.1) is 0 Å². The van der Waals surface area contributed by atoms with Crippen molar-refractivity contribution in [3.8, 4) is 0 Å². The zero-order chi connectivity index (χ0) is 41.4. The van der Waals surface area contributed by atoms with Crippen molar-refractivity contribution >= 4 is 92.5 Å². The van der Waals surface area contributed by atoms with Crippen molar-refractivity contribution in [3.63, 3.8) is 0 Å². The summed E-state index contributed by atoms with van der Waals surface area (Å²) in [4.78, 5) is 51.5. The molecule has 4 N–H and O–H groups in total. The van der Waals surface area contributed by atoms with Crippen LogP contribution in [0.3, 0.4) is 0 Å². The number of hydrazine groups is 4. The Balaban J connectivity index is 0.000000387. The molecule has 0 aliphatic heterocycles. The van der Waals surface area contributed by atoms with E-state index in [4.69, 9.17) is 48.9 Å². The number of benzene rings is 4. The standard InChI is InChI=1S/2C20H22N4O2S2.Na/c2*1-14(17(25)21-23(2)19(27)15-10-6-4-7-11-15)18(26)22-24(3)20(28)16-12-8-5-9-13-16;/h2*4-14H,1-3H3,(H,21,25)(H,22,26);/q;;+1. The zero-order valence-corrected chi connectivity index (χ0v) is 38.0. The first-order valence-electron chi connectivity index (χ1n) is 17.2. The first-order valence-corrected chi connectivity index (χ1v) is 18.8. The molecule has 0 aromatic heterocycles. The van der Waals surface area contributed by atoms with Crippen LogP contribution >= 0.6 is 48.9 Å². The second kappa shape index (κ2) is 24.2. The minimum absolute atomic E-state index is 0. The van der Waals surface area contributed by atoms with Crippen LogP contribution < -0.4 is 51.3 Å². The predicted octanol–water partition coefficient (Wildman–Crippen LogP) is 1.60. The molecule has 0 aliphatic rings. The number of thiocarbonyl (C=S) groups is 4. The van der Waals surface area contributed by atoms with E-state index in [0.29, 0.717) is 20.0 Å². The average Bonchev–Trinajstić information content (AvgIpc) is 3.23. The second-order valence-electron chi connectivity index (χ2n) is 12.3. The molecule has 0 atom stereocenters. The van der Waals surface area contributed by atoms with E-state index < -0.39 is 35.5 Å². The molecule has 0 fully saturated rings. The molecule has 0 saturated carbocycles. The number of carbonyl (C=O) groups is 4. The molecule has 57 heavy (non-hydrogen) atoms. The van der Waals surface area contributed by atoms with Crippen molar-refractivity contribution in [1.82, 2.24) is 41.7 Å². The van der Waals surface area contributed by atoms with Crippen molar-refractivity contribution in [2.24, 2.45) is 11.8 Å². The van der Waals surface area contributed by atoms with Crippen molar-refractivity contribution in [2.45, 2.75) is 13.8 Å². The minimum atomic E-state index is -0.943. The van der Waals surface area contributed by atoms with E-state index in [1.807, 2.05) is 121 Å². The molecule has 0 unspecified atom stereocenters. The van der Waals surface area contributed by atoms with Gasteiger partial charge in [0, 0.05) is 50.4 Å². The maximum atomic E-state index is 12.4. The van der Waals surface area contributed by atoms with Crippen LogP contribution in [0.25, 0.3) is 0 Å². The van der Waals surface area contributed by atoms with Gasteiger partial charge in [0.25, 0.3) is 23.6 Å². The van der Waals surface area contributed by atoms with Crippen LogP contribution in [0.2, 0.25) is 0 Å². The molecule has 0 bridgehead atoms. The quantitative estimate of drug-likeness (QED) is 0.0891. The van der Waals surface area contributed by atoms with Gasteiger partial charge in [-0.1, -0.05) is 170 Å². The molecule has 17 heteroatoms. The maximum absolute atomic E-state index is 12.4. The molecule has 0 spiro atoms. The van der Waals surface area contributed by atoms with Gasteiger partial charge in [0.15, 0.2) is 0 Å². The van der Waals surface area contributed by atoms with Gasteiger partial charge in [-0.2, -0.15) is 0 Å². The van der Waals surface area contributed by atoms with Crippen LogP contribution in [0.1, 0.15) is 36.1 Å². The van der Waals surface area contributed by atoms with Crippen LogP contribution in [0.5, 0.6) is 0 Å². The van der Waals surface area contributed by atoms with Gasteiger partial charge < -0.3 is 0 Å². The number of hydrogen-bond donors (Lipinski definition) is 4. The summed E-state index contributed by atoms with van der Waals surface area (Å²) in [5.74, 6) is -3.78. The molecule has 0 heterocycles. The SMILES string of the molecule is CC(C(=O)NN(C)C(=S)c1ccccc1)C(=O)NN(C)C(=S)c1ccccc1.CC(C(=O)NN(C)C(=S)c1ccccc1)C(=O)NN(C)C(=S)c1ccccc1.[Na+].